The lowest BCUT2D eigenvalue weighted by Gasteiger charge is -2.36. The standard InChI is InChI=1S/C19H21N3O3S.ClH/c1-14-11-16(8-7-15(14)12-20)26(23,24)22-10-9-21-13-18(22)17-5-3-4-6-19(17)25-2;/h3-8,11,18,21H,9-10,13H2,1-2H3;1H. The highest BCUT2D eigenvalue weighted by atomic mass is 35.5. The smallest absolute Gasteiger partial charge is 0.243 e. The highest BCUT2D eigenvalue weighted by Gasteiger charge is 2.35. The topological polar surface area (TPSA) is 82.4 Å². The van der Waals surface area contributed by atoms with E-state index in [0.717, 1.165) is 5.56 Å². The minimum atomic E-state index is -3.70. The number of nitrogens with zero attached hydrogens (tertiary/aromatic N) is 2. The molecular formula is C19H22ClN3O3S. The van der Waals surface area contributed by atoms with Crippen molar-refractivity contribution in [2.75, 3.05) is 26.7 Å². The third-order valence-electron chi connectivity index (χ3n) is 4.62. The number of nitriles is 1. The number of halogens is 1. The molecule has 1 fully saturated rings. The van der Waals surface area contributed by atoms with E-state index in [2.05, 4.69) is 11.4 Å². The van der Waals surface area contributed by atoms with Crippen molar-refractivity contribution >= 4 is 22.4 Å². The van der Waals surface area contributed by atoms with Crippen molar-refractivity contribution in [1.29, 1.82) is 5.26 Å². The Morgan fingerprint density at radius 3 is 2.67 bits per heavy atom. The number of sulfonamides is 1. The SMILES string of the molecule is COc1ccccc1C1CNCCN1S(=O)(=O)c1ccc(C#N)c(C)c1.Cl. The first-order chi connectivity index (χ1) is 12.5. The zero-order chi connectivity index (χ0) is 18.7. The van der Waals surface area contributed by atoms with E-state index >= 15 is 0 Å². The summed E-state index contributed by atoms with van der Waals surface area (Å²) in [6.07, 6.45) is 0. The van der Waals surface area contributed by atoms with Gasteiger partial charge in [-0.1, -0.05) is 18.2 Å². The number of rotatable bonds is 4. The number of methoxy groups -OCH3 is 1. The van der Waals surface area contributed by atoms with E-state index in [-0.39, 0.29) is 23.3 Å². The largest absolute Gasteiger partial charge is 0.496 e. The molecule has 6 nitrogen and oxygen atoms in total. The van der Waals surface area contributed by atoms with E-state index in [1.54, 1.807) is 26.2 Å². The summed E-state index contributed by atoms with van der Waals surface area (Å²) >= 11 is 0. The maximum absolute atomic E-state index is 13.3. The van der Waals surface area contributed by atoms with Gasteiger partial charge in [0.2, 0.25) is 10.0 Å². The zero-order valence-electron chi connectivity index (χ0n) is 15.2. The zero-order valence-corrected chi connectivity index (χ0v) is 16.8. The molecule has 27 heavy (non-hydrogen) atoms. The molecule has 0 amide bonds. The van der Waals surface area contributed by atoms with Crippen molar-refractivity contribution in [2.24, 2.45) is 0 Å². The lowest BCUT2D eigenvalue weighted by molar-refractivity contribution is 0.264. The summed E-state index contributed by atoms with van der Waals surface area (Å²) < 4.78 is 33.5. The number of benzene rings is 2. The minimum Gasteiger partial charge on any atom is -0.496 e. The molecular weight excluding hydrogens is 386 g/mol. The van der Waals surface area contributed by atoms with E-state index in [9.17, 15) is 8.42 Å². The highest BCUT2D eigenvalue weighted by Crippen LogP contribution is 2.34. The van der Waals surface area contributed by atoms with Gasteiger partial charge in [0.15, 0.2) is 0 Å². The molecule has 1 atom stereocenters. The van der Waals surface area contributed by atoms with Crippen LogP contribution in [0.5, 0.6) is 5.75 Å². The normalized spacial score (nSPS) is 17.6. The van der Waals surface area contributed by atoms with E-state index in [4.69, 9.17) is 10.00 Å². The minimum absolute atomic E-state index is 0. The number of aryl methyl sites for hydroxylation is 1. The van der Waals surface area contributed by atoms with Crippen LogP contribution in [0.2, 0.25) is 0 Å². The lowest BCUT2D eigenvalue weighted by Crippen LogP contribution is -2.48. The first kappa shape index (κ1) is 21.2. The van der Waals surface area contributed by atoms with Crippen molar-refractivity contribution in [3.05, 3.63) is 59.2 Å². The molecule has 0 bridgehead atoms. The van der Waals surface area contributed by atoms with Crippen LogP contribution in [0.4, 0.5) is 0 Å². The molecule has 0 radical (unpaired) electrons. The van der Waals surface area contributed by atoms with Crippen LogP contribution in [0.15, 0.2) is 47.4 Å². The third kappa shape index (κ3) is 4.09. The Kier molecular flexibility index (Phi) is 6.84. The summed E-state index contributed by atoms with van der Waals surface area (Å²) in [5.74, 6) is 0.664. The predicted octanol–water partition coefficient (Wildman–Crippen LogP) is 2.63. The van der Waals surface area contributed by atoms with Crippen LogP contribution >= 0.6 is 12.4 Å². The molecule has 0 spiro atoms. The monoisotopic (exact) mass is 407 g/mol. The van der Waals surface area contributed by atoms with Crippen molar-refractivity contribution in [3.8, 4) is 11.8 Å². The summed E-state index contributed by atoms with van der Waals surface area (Å²) in [5.41, 5.74) is 1.96. The maximum atomic E-state index is 13.3. The molecule has 0 aliphatic carbocycles. The molecule has 8 heteroatoms. The number of nitrogens with one attached hydrogen (secondary N) is 1. The molecule has 1 aliphatic rings. The molecule has 1 saturated heterocycles. The van der Waals surface area contributed by atoms with Crippen LogP contribution in [0, 0.1) is 18.3 Å². The van der Waals surface area contributed by atoms with Crippen molar-refractivity contribution in [1.82, 2.24) is 9.62 Å². The Labute approximate surface area is 166 Å². The second-order valence-electron chi connectivity index (χ2n) is 6.17. The average Bonchev–Trinajstić information content (AvgIpc) is 2.67. The molecule has 0 saturated carbocycles. The van der Waals surface area contributed by atoms with Gasteiger partial charge in [0, 0.05) is 25.2 Å². The second-order valence-corrected chi connectivity index (χ2v) is 8.06. The molecule has 2 aromatic rings. The average molecular weight is 408 g/mol. The quantitative estimate of drug-likeness (QED) is 0.842. The Bertz CT molecular complexity index is 957. The van der Waals surface area contributed by atoms with Crippen molar-refractivity contribution in [2.45, 2.75) is 17.9 Å². The summed E-state index contributed by atoms with van der Waals surface area (Å²) in [6, 6.07) is 13.8. The molecule has 0 aromatic heterocycles. The summed E-state index contributed by atoms with van der Waals surface area (Å²) in [4.78, 5) is 0.204. The Morgan fingerprint density at radius 1 is 1.26 bits per heavy atom. The van der Waals surface area contributed by atoms with Gasteiger partial charge in [-0.15, -0.1) is 12.4 Å². The van der Waals surface area contributed by atoms with Gasteiger partial charge in [-0.05, 0) is 36.8 Å². The van der Waals surface area contributed by atoms with Gasteiger partial charge in [0.1, 0.15) is 5.75 Å². The highest BCUT2D eigenvalue weighted by molar-refractivity contribution is 7.89. The van der Waals surface area contributed by atoms with Crippen LogP contribution in [0.25, 0.3) is 0 Å². The molecule has 1 heterocycles. The number of hydrogen-bond donors (Lipinski definition) is 1. The fourth-order valence-electron chi connectivity index (χ4n) is 3.24. The van der Waals surface area contributed by atoms with Crippen LogP contribution < -0.4 is 10.1 Å². The van der Waals surface area contributed by atoms with Gasteiger partial charge in [0.05, 0.1) is 29.7 Å². The maximum Gasteiger partial charge on any atom is 0.243 e. The van der Waals surface area contributed by atoms with E-state index in [1.165, 1.54) is 10.4 Å². The molecule has 1 N–H and O–H groups in total. The van der Waals surface area contributed by atoms with Gasteiger partial charge >= 0.3 is 0 Å². The van der Waals surface area contributed by atoms with E-state index in [0.29, 0.717) is 36.5 Å². The molecule has 3 rings (SSSR count). The number of para-hydroxylation sites is 1. The first-order valence-corrected chi connectivity index (χ1v) is 9.79. The lowest BCUT2D eigenvalue weighted by atomic mass is 10.0. The van der Waals surface area contributed by atoms with Crippen LogP contribution in [0.1, 0.15) is 22.7 Å². The van der Waals surface area contributed by atoms with Gasteiger partial charge in [-0.3, -0.25) is 0 Å². The summed E-state index contributed by atoms with van der Waals surface area (Å²) in [5, 5.41) is 12.3. The Balaban J connectivity index is 0.00000261. The Morgan fingerprint density at radius 2 is 2.00 bits per heavy atom. The number of ether oxygens (including phenoxy) is 1. The molecule has 144 valence electrons. The first-order valence-electron chi connectivity index (χ1n) is 8.35. The van der Waals surface area contributed by atoms with Crippen molar-refractivity contribution < 1.29 is 13.2 Å². The number of piperazine rings is 1. The van der Waals surface area contributed by atoms with Gasteiger partial charge in [-0.2, -0.15) is 9.57 Å². The fourth-order valence-corrected chi connectivity index (χ4v) is 4.93. The van der Waals surface area contributed by atoms with Crippen LogP contribution in [-0.2, 0) is 10.0 Å². The van der Waals surface area contributed by atoms with E-state index < -0.39 is 10.0 Å². The predicted molar refractivity (Wildman–Crippen MR) is 106 cm³/mol. The van der Waals surface area contributed by atoms with Gasteiger partial charge in [-0.25, -0.2) is 8.42 Å². The summed E-state index contributed by atoms with van der Waals surface area (Å²) in [6.45, 7) is 3.20. The molecule has 2 aromatic carbocycles. The molecule has 1 aliphatic heterocycles. The third-order valence-corrected chi connectivity index (χ3v) is 6.52. The molecule has 1 unspecified atom stereocenters. The fraction of sp³-hybridized carbons (Fsp3) is 0.316. The van der Waals surface area contributed by atoms with Crippen LogP contribution in [-0.4, -0.2) is 39.5 Å². The van der Waals surface area contributed by atoms with Gasteiger partial charge < -0.3 is 10.1 Å². The van der Waals surface area contributed by atoms with Crippen molar-refractivity contribution in [3.63, 3.8) is 0 Å². The Hall–Kier alpha value is -2.11. The van der Waals surface area contributed by atoms with Gasteiger partial charge in [0.25, 0.3) is 0 Å². The van der Waals surface area contributed by atoms with E-state index in [1.807, 2.05) is 24.3 Å². The number of hydrogen-bond acceptors (Lipinski definition) is 5. The second kappa shape index (κ2) is 8.72. The summed E-state index contributed by atoms with van der Waals surface area (Å²) in [7, 11) is -2.12. The van der Waals surface area contributed by atoms with Crippen LogP contribution in [0.3, 0.4) is 0 Å².